The van der Waals surface area contributed by atoms with Crippen molar-refractivity contribution in [3.05, 3.63) is 71.1 Å². The number of aromatic carboxylic acids is 1. The number of carboxylic acid groups (broad SMARTS) is 1. The number of hydrogen-bond donors (Lipinski definition) is 6. The second kappa shape index (κ2) is 10.1. The molecule has 36 heavy (non-hydrogen) atoms. The fourth-order valence-electron chi connectivity index (χ4n) is 4.14. The van der Waals surface area contributed by atoms with Crippen LogP contribution in [-0.4, -0.2) is 58.4 Å². The molecule has 4 rings (SSSR count). The molecule has 2 aromatic rings. The Morgan fingerprint density at radius 3 is 2.36 bits per heavy atom. The van der Waals surface area contributed by atoms with Crippen molar-refractivity contribution in [1.82, 2.24) is 4.58 Å². The largest absolute Gasteiger partial charge is 0.478 e. The molecule has 0 spiro atoms. The van der Waals surface area contributed by atoms with Crippen LogP contribution in [0.1, 0.15) is 29.1 Å². The summed E-state index contributed by atoms with van der Waals surface area (Å²) in [5.41, 5.74) is 2.68. The van der Waals surface area contributed by atoms with Gasteiger partial charge in [0.15, 0.2) is 12.6 Å². The Morgan fingerprint density at radius 1 is 1.00 bits per heavy atom. The highest BCUT2D eigenvalue weighted by Gasteiger charge is 2.24. The number of fused-ring (bicyclic) bond motifs is 2. The van der Waals surface area contributed by atoms with Crippen LogP contribution >= 0.6 is 0 Å². The van der Waals surface area contributed by atoms with Crippen molar-refractivity contribution in [3.8, 4) is 22.5 Å². The van der Waals surface area contributed by atoms with Crippen LogP contribution < -0.4 is 15.2 Å². The van der Waals surface area contributed by atoms with Gasteiger partial charge in [0.05, 0.1) is 11.6 Å². The van der Waals surface area contributed by atoms with Gasteiger partial charge in [-0.1, -0.05) is 25.1 Å². The maximum absolute atomic E-state index is 12.1. The van der Waals surface area contributed by atoms with E-state index in [4.69, 9.17) is 4.42 Å². The molecule has 0 bridgehead atoms. The summed E-state index contributed by atoms with van der Waals surface area (Å²) in [4.78, 5) is 12.1. The molecule has 6 N–H and O–H groups in total. The van der Waals surface area contributed by atoms with Crippen molar-refractivity contribution in [2.45, 2.75) is 19.5 Å². The van der Waals surface area contributed by atoms with Crippen LogP contribution in [0.5, 0.6) is 0 Å². The van der Waals surface area contributed by atoms with Crippen LogP contribution in [0.15, 0.2) is 59.0 Å². The van der Waals surface area contributed by atoms with Gasteiger partial charge in [-0.3, -0.25) is 0 Å². The van der Waals surface area contributed by atoms with E-state index < -0.39 is 24.5 Å². The van der Waals surface area contributed by atoms with Gasteiger partial charge >= 0.3 is 5.97 Å². The number of nitrogens with one attached hydrogen (secondary N) is 1. The van der Waals surface area contributed by atoms with Crippen LogP contribution in [0.25, 0.3) is 33.4 Å². The summed E-state index contributed by atoms with van der Waals surface area (Å²) < 4.78 is 8.17. The fourth-order valence-corrected chi connectivity index (χ4v) is 4.14. The lowest BCUT2D eigenvalue weighted by Gasteiger charge is -2.21. The zero-order valence-corrected chi connectivity index (χ0v) is 20.1. The van der Waals surface area contributed by atoms with Gasteiger partial charge in [0.2, 0.25) is 5.36 Å². The van der Waals surface area contributed by atoms with Gasteiger partial charge in [0.25, 0.3) is 0 Å². The molecule has 1 heterocycles. The molecule has 9 nitrogen and oxygen atoms in total. The lowest BCUT2D eigenvalue weighted by molar-refractivity contribution is -0.0745. The number of aliphatic hydroxyl groups excluding tert-OH is 2. The third kappa shape index (κ3) is 4.82. The number of rotatable bonds is 7. The molecule has 2 aromatic carbocycles. The Morgan fingerprint density at radius 2 is 1.72 bits per heavy atom. The first kappa shape index (κ1) is 25.3. The maximum Gasteiger partial charge on any atom is 0.336 e. The molecule has 188 valence electrons. The van der Waals surface area contributed by atoms with Gasteiger partial charge in [-0.05, 0) is 23.8 Å². The number of benzene rings is 3. The third-order valence-electron chi connectivity index (χ3n) is 6.22. The van der Waals surface area contributed by atoms with Crippen molar-refractivity contribution < 1.29 is 34.7 Å². The predicted molar refractivity (Wildman–Crippen MR) is 135 cm³/mol. The SMILES string of the molecule is CC(CNc1cc2oc3cc(=[N+](C)C)ccc-3c(-c3ccccc3C(=O)O)c2cc1C(O)O)C(O)O. The minimum atomic E-state index is -1.85. The topological polar surface area (TPSA) is 146 Å². The molecule has 0 fully saturated rings. The Hall–Kier alpha value is -3.76. The molecule has 1 aliphatic heterocycles. The number of anilines is 1. The Labute approximate surface area is 207 Å². The summed E-state index contributed by atoms with van der Waals surface area (Å²) >= 11 is 0. The smallest absolute Gasteiger partial charge is 0.336 e. The van der Waals surface area contributed by atoms with Crippen molar-refractivity contribution in [2.75, 3.05) is 26.0 Å². The Balaban J connectivity index is 2.09. The van der Waals surface area contributed by atoms with E-state index in [-0.39, 0.29) is 17.7 Å². The van der Waals surface area contributed by atoms with Gasteiger partial charge < -0.3 is 35.3 Å². The molecule has 0 saturated carbocycles. The minimum Gasteiger partial charge on any atom is -0.478 e. The predicted octanol–water partition coefficient (Wildman–Crippen LogP) is 2.28. The molecule has 9 heteroatoms. The van der Waals surface area contributed by atoms with Crippen LogP contribution in [0, 0.1) is 5.92 Å². The van der Waals surface area contributed by atoms with Gasteiger partial charge in [0.1, 0.15) is 25.4 Å². The maximum atomic E-state index is 12.1. The highest BCUT2D eigenvalue weighted by atomic mass is 16.5. The lowest BCUT2D eigenvalue weighted by atomic mass is 9.90. The normalized spacial score (nSPS) is 12.5. The summed E-state index contributed by atoms with van der Waals surface area (Å²) in [6, 6.07) is 15.4. The lowest BCUT2D eigenvalue weighted by Crippen LogP contribution is -2.24. The summed E-state index contributed by atoms with van der Waals surface area (Å²) in [5, 5.41) is 53.4. The molecule has 1 unspecified atom stereocenters. The summed E-state index contributed by atoms with van der Waals surface area (Å²) in [7, 11) is 3.80. The van der Waals surface area contributed by atoms with Gasteiger partial charge in [0, 0.05) is 52.4 Å². The van der Waals surface area contributed by atoms with E-state index >= 15 is 0 Å². The van der Waals surface area contributed by atoms with E-state index in [1.807, 2.05) is 36.9 Å². The first-order valence-corrected chi connectivity index (χ1v) is 11.4. The van der Waals surface area contributed by atoms with E-state index in [0.29, 0.717) is 39.1 Å². The minimum absolute atomic E-state index is 0.0991. The average molecular weight is 494 g/mol. The van der Waals surface area contributed by atoms with Crippen LogP contribution in [-0.2, 0) is 0 Å². The average Bonchev–Trinajstić information content (AvgIpc) is 2.84. The summed E-state index contributed by atoms with van der Waals surface area (Å²) in [6.45, 7) is 1.78. The molecule has 0 saturated heterocycles. The van der Waals surface area contributed by atoms with Crippen molar-refractivity contribution in [3.63, 3.8) is 0 Å². The second-order valence-electron chi connectivity index (χ2n) is 8.98. The fraction of sp³-hybridized carbons (Fsp3) is 0.259. The number of nitrogens with zero attached hydrogens (tertiary/aromatic N) is 1. The zero-order valence-electron chi connectivity index (χ0n) is 20.1. The van der Waals surface area contributed by atoms with Crippen molar-refractivity contribution in [2.24, 2.45) is 5.92 Å². The molecule has 0 radical (unpaired) electrons. The van der Waals surface area contributed by atoms with E-state index in [1.165, 1.54) is 6.07 Å². The molecule has 1 aliphatic carbocycles. The van der Waals surface area contributed by atoms with Gasteiger partial charge in [-0.2, -0.15) is 0 Å². The molecule has 0 amide bonds. The zero-order chi connectivity index (χ0) is 26.1. The first-order valence-electron chi connectivity index (χ1n) is 11.4. The Kier molecular flexibility index (Phi) is 7.09. The van der Waals surface area contributed by atoms with E-state index in [9.17, 15) is 30.3 Å². The molecule has 1 atom stereocenters. The standard InChI is InChI=1S/C27H28N2O7/c1-14(25(30)31)13-28-21-12-23-20(11-19(21)27(34)35)24(16-6-4-5-7-17(16)26(32)33)18-9-8-15(29(2)3)10-22(18)36-23/h4-12,14,25,27,30-31,34-35H,13H2,1-3H3,(H,32,33)/p+1. The van der Waals surface area contributed by atoms with Gasteiger partial charge in [-0.15, -0.1) is 0 Å². The van der Waals surface area contributed by atoms with E-state index in [1.54, 1.807) is 37.3 Å². The quantitative estimate of drug-likeness (QED) is 0.131. The molecule has 0 aromatic heterocycles. The van der Waals surface area contributed by atoms with Crippen LogP contribution in [0.3, 0.4) is 0 Å². The molecule has 2 aliphatic rings. The van der Waals surface area contributed by atoms with E-state index in [2.05, 4.69) is 5.32 Å². The van der Waals surface area contributed by atoms with E-state index in [0.717, 1.165) is 5.36 Å². The Bertz CT molecular complexity index is 1470. The summed E-state index contributed by atoms with van der Waals surface area (Å²) in [5.74, 6) is -1.10. The first-order chi connectivity index (χ1) is 17.1. The van der Waals surface area contributed by atoms with Crippen molar-refractivity contribution in [1.29, 1.82) is 0 Å². The number of carboxylic acids is 1. The summed E-state index contributed by atoms with van der Waals surface area (Å²) in [6.07, 6.45) is -3.39. The highest BCUT2D eigenvalue weighted by molar-refractivity contribution is 6.08. The second-order valence-corrected chi connectivity index (χ2v) is 8.98. The number of aliphatic hydroxyl groups is 4. The monoisotopic (exact) mass is 493 g/mol. The van der Waals surface area contributed by atoms with Crippen molar-refractivity contribution >= 4 is 22.6 Å². The molecular weight excluding hydrogens is 464 g/mol. The molecular formula is C27H29N2O7+. The third-order valence-corrected chi connectivity index (χ3v) is 6.22. The van der Waals surface area contributed by atoms with Crippen LogP contribution in [0.4, 0.5) is 5.69 Å². The number of carbonyl (C=O) groups is 1. The number of hydrogen-bond acceptors (Lipinski definition) is 7. The highest BCUT2D eigenvalue weighted by Crippen LogP contribution is 2.43. The van der Waals surface area contributed by atoms with Gasteiger partial charge in [-0.25, -0.2) is 9.37 Å². The van der Waals surface area contributed by atoms with Crippen LogP contribution in [0.2, 0.25) is 0 Å².